The number of ether oxygens (including phenoxy) is 2. The number of nitrogens with zero attached hydrogens (tertiary/aromatic N) is 1. The van der Waals surface area contributed by atoms with E-state index in [0.717, 1.165) is 16.9 Å². The van der Waals surface area contributed by atoms with Gasteiger partial charge in [-0.05, 0) is 82.5 Å². The van der Waals surface area contributed by atoms with Crippen molar-refractivity contribution in [2.75, 3.05) is 11.5 Å². The average molecular weight is 604 g/mol. The third-order valence-electron chi connectivity index (χ3n) is 5.33. The van der Waals surface area contributed by atoms with Gasteiger partial charge in [0.1, 0.15) is 23.7 Å². The summed E-state index contributed by atoms with van der Waals surface area (Å²) in [4.78, 5) is 39.1. The Morgan fingerprint density at radius 3 is 2.41 bits per heavy atom. The number of hydrogen-bond acceptors (Lipinski definition) is 5. The van der Waals surface area contributed by atoms with Gasteiger partial charge in [-0.2, -0.15) is 0 Å². The lowest BCUT2D eigenvalue weighted by molar-refractivity contribution is -0.122. The summed E-state index contributed by atoms with van der Waals surface area (Å²) in [6.45, 7) is 2.78. The molecule has 1 aliphatic rings. The fourth-order valence-corrected chi connectivity index (χ4v) is 4.46. The Morgan fingerprint density at radius 1 is 0.973 bits per heavy atom. The van der Waals surface area contributed by atoms with Crippen LogP contribution in [0, 0.1) is 0 Å². The van der Waals surface area contributed by atoms with Crippen LogP contribution in [0.5, 0.6) is 11.5 Å². The number of hydrogen-bond donors (Lipinski definition) is 1. The fraction of sp³-hybridized carbons (Fsp3) is 0.148. The third-order valence-corrected chi connectivity index (χ3v) is 6.54. The van der Waals surface area contributed by atoms with Crippen molar-refractivity contribution in [2.45, 2.75) is 20.0 Å². The number of benzene rings is 3. The van der Waals surface area contributed by atoms with Crippen LogP contribution in [0.3, 0.4) is 0 Å². The van der Waals surface area contributed by atoms with Crippen LogP contribution in [-0.2, 0) is 16.2 Å². The molecule has 0 aromatic heterocycles. The molecule has 37 heavy (non-hydrogen) atoms. The molecule has 190 valence electrons. The van der Waals surface area contributed by atoms with E-state index in [0.29, 0.717) is 38.2 Å². The highest BCUT2D eigenvalue weighted by atomic mass is 79.9. The van der Waals surface area contributed by atoms with E-state index in [9.17, 15) is 14.4 Å². The molecule has 0 bridgehead atoms. The highest BCUT2D eigenvalue weighted by Gasteiger charge is 2.36. The minimum atomic E-state index is -0.835. The van der Waals surface area contributed by atoms with Crippen LogP contribution < -0.4 is 19.7 Å². The summed E-state index contributed by atoms with van der Waals surface area (Å²) in [6.07, 6.45) is 2.29. The lowest BCUT2D eigenvalue weighted by Crippen LogP contribution is -2.54. The molecule has 0 atom stereocenters. The molecule has 10 heteroatoms. The second kappa shape index (κ2) is 11.8. The minimum absolute atomic E-state index is 0.175. The van der Waals surface area contributed by atoms with E-state index in [1.54, 1.807) is 60.7 Å². The molecule has 1 aliphatic heterocycles. The Balaban J connectivity index is 1.51. The van der Waals surface area contributed by atoms with Crippen molar-refractivity contribution in [3.8, 4) is 11.5 Å². The number of nitrogens with one attached hydrogen (secondary N) is 1. The first-order valence-corrected chi connectivity index (χ1v) is 12.8. The standard InChI is InChI=1S/C27H21BrCl2N2O5/c1-2-11-36-24-10-3-16(13-22(24)28)12-21-25(33)31-27(35)32(26(21)34)19-6-8-20(9-7-19)37-15-17-4-5-18(29)14-23(17)30/h3-10,12-14H,2,11,15H2,1H3,(H,31,33,35)/b21-12+. The maximum atomic E-state index is 13.2. The lowest BCUT2D eigenvalue weighted by atomic mass is 10.1. The maximum absolute atomic E-state index is 13.2. The zero-order valence-electron chi connectivity index (χ0n) is 19.6. The normalized spacial score (nSPS) is 14.6. The van der Waals surface area contributed by atoms with E-state index in [2.05, 4.69) is 21.2 Å². The van der Waals surface area contributed by atoms with Crippen molar-refractivity contribution in [3.63, 3.8) is 0 Å². The van der Waals surface area contributed by atoms with Gasteiger partial charge in [0.15, 0.2) is 0 Å². The molecule has 1 heterocycles. The number of halogens is 3. The van der Waals surface area contributed by atoms with Crippen LogP contribution in [0.25, 0.3) is 6.08 Å². The second-order valence-electron chi connectivity index (χ2n) is 8.01. The van der Waals surface area contributed by atoms with Crippen LogP contribution >= 0.6 is 39.1 Å². The van der Waals surface area contributed by atoms with Crippen LogP contribution in [0.15, 0.2) is 70.7 Å². The number of carbonyl (C=O) groups is 3. The van der Waals surface area contributed by atoms with Crippen molar-refractivity contribution in [2.24, 2.45) is 0 Å². The zero-order chi connectivity index (χ0) is 26.5. The van der Waals surface area contributed by atoms with Gasteiger partial charge in [0.2, 0.25) is 0 Å². The number of carbonyl (C=O) groups excluding carboxylic acids is 3. The van der Waals surface area contributed by atoms with Crippen molar-refractivity contribution >= 4 is 68.7 Å². The van der Waals surface area contributed by atoms with Crippen LogP contribution in [0.4, 0.5) is 10.5 Å². The first kappa shape index (κ1) is 26.7. The number of barbiturate groups is 1. The van der Waals surface area contributed by atoms with E-state index < -0.39 is 17.8 Å². The van der Waals surface area contributed by atoms with Gasteiger partial charge in [-0.15, -0.1) is 0 Å². The largest absolute Gasteiger partial charge is 0.492 e. The molecule has 0 saturated carbocycles. The van der Waals surface area contributed by atoms with Gasteiger partial charge in [-0.3, -0.25) is 14.9 Å². The molecule has 4 amide bonds. The van der Waals surface area contributed by atoms with Crippen LogP contribution in [-0.4, -0.2) is 24.5 Å². The van der Waals surface area contributed by atoms with Gasteiger partial charge in [0, 0.05) is 15.6 Å². The van der Waals surface area contributed by atoms with Gasteiger partial charge in [0.05, 0.1) is 16.8 Å². The number of urea groups is 1. The molecule has 0 aliphatic carbocycles. The smallest absolute Gasteiger partial charge is 0.335 e. The Labute approximate surface area is 232 Å². The molecule has 0 spiro atoms. The molecule has 1 fully saturated rings. The zero-order valence-corrected chi connectivity index (χ0v) is 22.7. The predicted octanol–water partition coefficient (Wildman–Crippen LogP) is 6.79. The van der Waals surface area contributed by atoms with E-state index in [4.69, 9.17) is 32.7 Å². The van der Waals surface area contributed by atoms with Gasteiger partial charge in [-0.25, -0.2) is 9.69 Å². The summed E-state index contributed by atoms with van der Waals surface area (Å²) in [5, 5.41) is 3.23. The van der Waals surface area contributed by atoms with Gasteiger partial charge in [-0.1, -0.05) is 42.3 Å². The van der Waals surface area contributed by atoms with Crippen molar-refractivity contribution < 1.29 is 23.9 Å². The van der Waals surface area contributed by atoms with Crippen molar-refractivity contribution in [1.29, 1.82) is 0 Å². The van der Waals surface area contributed by atoms with Gasteiger partial charge < -0.3 is 9.47 Å². The molecule has 1 N–H and O–H groups in total. The number of amides is 4. The predicted molar refractivity (Wildman–Crippen MR) is 146 cm³/mol. The summed E-state index contributed by atoms with van der Waals surface area (Å²) < 4.78 is 12.1. The highest BCUT2D eigenvalue weighted by Crippen LogP contribution is 2.29. The topological polar surface area (TPSA) is 84.9 Å². The maximum Gasteiger partial charge on any atom is 0.335 e. The van der Waals surface area contributed by atoms with Gasteiger partial charge in [0.25, 0.3) is 11.8 Å². The summed E-state index contributed by atoms with van der Waals surface area (Å²) in [5.74, 6) is -0.353. The number of anilines is 1. The SMILES string of the molecule is CCCOc1ccc(/C=C2\C(=O)NC(=O)N(c3ccc(OCc4ccc(Cl)cc4Cl)cc3)C2=O)cc1Br. The van der Waals surface area contributed by atoms with E-state index >= 15 is 0 Å². The molecule has 4 rings (SSSR count). The van der Waals surface area contributed by atoms with Gasteiger partial charge >= 0.3 is 6.03 Å². The van der Waals surface area contributed by atoms with Crippen LogP contribution in [0.1, 0.15) is 24.5 Å². The first-order chi connectivity index (χ1) is 17.8. The molecule has 0 unspecified atom stereocenters. The quantitative estimate of drug-likeness (QED) is 0.226. The Bertz CT molecular complexity index is 1390. The van der Waals surface area contributed by atoms with E-state index in [1.807, 2.05) is 6.92 Å². The Hall–Kier alpha value is -3.33. The lowest BCUT2D eigenvalue weighted by Gasteiger charge is -2.26. The average Bonchev–Trinajstić information content (AvgIpc) is 2.86. The minimum Gasteiger partial charge on any atom is -0.492 e. The molecule has 3 aromatic rings. The first-order valence-electron chi connectivity index (χ1n) is 11.3. The van der Waals surface area contributed by atoms with E-state index in [1.165, 1.54) is 6.08 Å². The summed E-state index contributed by atoms with van der Waals surface area (Å²) in [7, 11) is 0. The Kier molecular flexibility index (Phi) is 8.53. The number of imide groups is 2. The third kappa shape index (κ3) is 6.33. The van der Waals surface area contributed by atoms with Crippen LogP contribution in [0.2, 0.25) is 10.0 Å². The molecular formula is C27H21BrCl2N2O5. The molecule has 0 radical (unpaired) electrons. The molecule has 3 aromatic carbocycles. The summed E-state index contributed by atoms with van der Waals surface area (Å²) in [5.41, 5.74) is 1.45. The molecule has 7 nitrogen and oxygen atoms in total. The highest BCUT2D eigenvalue weighted by molar-refractivity contribution is 9.10. The summed E-state index contributed by atoms with van der Waals surface area (Å²) >= 11 is 15.5. The monoisotopic (exact) mass is 602 g/mol. The number of rotatable bonds is 8. The summed E-state index contributed by atoms with van der Waals surface area (Å²) in [6, 6.07) is 15.8. The fourth-order valence-electron chi connectivity index (χ4n) is 3.49. The van der Waals surface area contributed by atoms with Crippen molar-refractivity contribution in [1.82, 2.24) is 5.32 Å². The second-order valence-corrected chi connectivity index (χ2v) is 9.71. The Morgan fingerprint density at radius 2 is 1.73 bits per heavy atom. The van der Waals surface area contributed by atoms with Crippen molar-refractivity contribution in [3.05, 3.63) is 91.9 Å². The molecule has 1 saturated heterocycles. The molecular weight excluding hydrogens is 583 g/mol. The van der Waals surface area contributed by atoms with E-state index in [-0.39, 0.29) is 17.9 Å².